The first-order chi connectivity index (χ1) is 8.38. The number of hydrogen-bond acceptors (Lipinski definition) is 3. The number of halogens is 1. The maximum atomic E-state index is 12.3. The van der Waals surface area contributed by atoms with Crippen molar-refractivity contribution in [2.45, 2.75) is 31.1 Å². The molecule has 0 heterocycles. The molecule has 1 aliphatic carbocycles. The van der Waals surface area contributed by atoms with Crippen LogP contribution in [0.2, 0.25) is 0 Å². The summed E-state index contributed by atoms with van der Waals surface area (Å²) in [6.45, 7) is 1.83. The summed E-state index contributed by atoms with van der Waals surface area (Å²) < 4.78 is 25.6. The fraction of sp³-hybridized carbons (Fsp3) is 0.538. The van der Waals surface area contributed by atoms with Crippen LogP contribution in [0, 0.1) is 12.3 Å². The number of sulfone groups is 1. The Bertz CT molecular complexity index is 542. The summed E-state index contributed by atoms with van der Waals surface area (Å²) in [4.78, 5) is 0.350. The molecule has 1 fully saturated rings. The molecular weight excluding hydrogens is 316 g/mol. The van der Waals surface area contributed by atoms with Crippen molar-refractivity contribution in [3.8, 4) is 0 Å². The van der Waals surface area contributed by atoms with Gasteiger partial charge in [-0.2, -0.15) is 0 Å². The van der Waals surface area contributed by atoms with Gasteiger partial charge in [0.15, 0.2) is 9.84 Å². The highest BCUT2D eigenvalue weighted by Crippen LogP contribution is 2.42. The normalized spacial score (nSPS) is 18.4. The first-order valence-electron chi connectivity index (χ1n) is 5.98. The molecule has 100 valence electrons. The Morgan fingerprint density at radius 2 is 2.06 bits per heavy atom. The SMILES string of the molecule is Cc1cc(S(=O)(=O)CC2(CO)CCC2)ccc1Br. The summed E-state index contributed by atoms with van der Waals surface area (Å²) >= 11 is 3.36. The van der Waals surface area contributed by atoms with E-state index in [1.54, 1.807) is 18.2 Å². The Morgan fingerprint density at radius 1 is 1.39 bits per heavy atom. The second-order valence-corrected chi connectivity index (χ2v) is 8.03. The van der Waals surface area contributed by atoms with E-state index < -0.39 is 15.3 Å². The molecule has 0 atom stereocenters. The van der Waals surface area contributed by atoms with Crippen LogP contribution in [-0.4, -0.2) is 25.9 Å². The van der Waals surface area contributed by atoms with Gasteiger partial charge in [0, 0.05) is 16.5 Å². The molecule has 5 heteroatoms. The summed E-state index contributed by atoms with van der Waals surface area (Å²) in [6.07, 6.45) is 2.62. The van der Waals surface area contributed by atoms with E-state index in [2.05, 4.69) is 15.9 Å². The predicted molar refractivity (Wildman–Crippen MR) is 74.3 cm³/mol. The van der Waals surface area contributed by atoms with Crippen LogP contribution in [0.4, 0.5) is 0 Å². The molecule has 0 amide bonds. The van der Waals surface area contributed by atoms with Gasteiger partial charge in [-0.1, -0.05) is 22.4 Å². The van der Waals surface area contributed by atoms with Crippen LogP contribution < -0.4 is 0 Å². The third-order valence-electron chi connectivity index (χ3n) is 3.73. The fourth-order valence-corrected chi connectivity index (χ4v) is 4.55. The lowest BCUT2D eigenvalue weighted by Crippen LogP contribution is -2.40. The van der Waals surface area contributed by atoms with Crippen LogP contribution in [0.1, 0.15) is 24.8 Å². The van der Waals surface area contributed by atoms with Crippen molar-refractivity contribution in [2.24, 2.45) is 5.41 Å². The number of aliphatic hydroxyl groups is 1. The minimum atomic E-state index is -3.31. The molecule has 0 aromatic heterocycles. The zero-order valence-electron chi connectivity index (χ0n) is 10.3. The van der Waals surface area contributed by atoms with Crippen molar-refractivity contribution in [2.75, 3.05) is 12.4 Å². The van der Waals surface area contributed by atoms with Crippen molar-refractivity contribution in [1.82, 2.24) is 0 Å². The zero-order valence-corrected chi connectivity index (χ0v) is 12.7. The summed E-state index contributed by atoms with van der Waals surface area (Å²) in [7, 11) is -3.31. The first kappa shape index (κ1) is 14.0. The second-order valence-electron chi connectivity index (χ2n) is 5.18. The predicted octanol–water partition coefficient (Wildman–Crippen LogP) is 2.69. The smallest absolute Gasteiger partial charge is 0.179 e. The van der Waals surface area contributed by atoms with E-state index in [9.17, 15) is 13.5 Å². The van der Waals surface area contributed by atoms with Crippen LogP contribution in [0.15, 0.2) is 27.6 Å². The van der Waals surface area contributed by atoms with Gasteiger partial charge >= 0.3 is 0 Å². The summed E-state index contributed by atoms with van der Waals surface area (Å²) in [6, 6.07) is 5.06. The molecule has 1 aromatic rings. The minimum Gasteiger partial charge on any atom is -0.396 e. The highest BCUT2D eigenvalue weighted by atomic mass is 79.9. The molecule has 0 spiro atoms. The third kappa shape index (κ3) is 2.63. The fourth-order valence-electron chi connectivity index (χ4n) is 2.32. The molecule has 1 saturated carbocycles. The van der Waals surface area contributed by atoms with Crippen molar-refractivity contribution >= 4 is 25.8 Å². The van der Waals surface area contributed by atoms with Crippen molar-refractivity contribution < 1.29 is 13.5 Å². The third-order valence-corrected chi connectivity index (χ3v) is 6.59. The van der Waals surface area contributed by atoms with Crippen molar-refractivity contribution in [1.29, 1.82) is 0 Å². The lowest BCUT2D eigenvalue weighted by molar-refractivity contribution is 0.0667. The van der Waals surface area contributed by atoms with Crippen molar-refractivity contribution in [3.05, 3.63) is 28.2 Å². The van der Waals surface area contributed by atoms with E-state index in [1.165, 1.54) is 0 Å². The highest BCUT2D eigenvalue weighted by molar-refractivity contribution is 9.10. The largest absolute Gasteiger partial charge is 0.396 e. The van der Waals surface area contributed by atoms with Gasteiger partial charge in [0.05, 0.1) is 10.6 Å². The molecule has 0 radical (unpaired) electrons. The van der Waals surface area contributed by atoms with Gasteiger partial charge in [0.1, 0.15) is 0 Å². The van der Waals surface area contributed by atoms with Crippen LogP contribution >= 0.6 is 15.9 Å². The Morgan fingerprint density at radius 3 is 2.50 bits per heavy atom. The Labute approximate surface area is 116 Å². The van der Waals surface area contributed by atoms with E-state index in [0.717, 1.165) is 29.3 Å². The molecular formula is C13H17BrO3S. The number of aliphatic hydroxyl groups excluding tert-OH is 1. The van der Waals surface area contributed by atoms with Crippen LogP contribution in [0.3, 0.4) is 0 Å². The first-order valence-corrected chi connectivity index (χ1v) is 8.43. The van der Waals surface area contributed by atoms with Gasteiger partial charge in [0.2, 0.25) is 0 Å². The average molecular weight is 333 g/mol. The van der Waals surface area contributed by atoms with E-state index in [0.29, 0.717) is 4.90 Å². The number of rotatable bonds is 4. The van der Waals surface area contributed by atoms with E-state index in [4.69, 9.17) is 0 Å². The van der Waals surface area contributed by atoms with Crippen LogP contribution in [0.25, 0.3) is 0 Å². The number of aryl methyl sites for hydroxylation is 1. The Balaban J connectivity index is 2.28. The second kappa shape index (κ2) is 4.94. The number of benzene rings is 1. The van der Waals surface area contributed by atoms with E-state index in [-0.39, 0.29) is 12.4 Å². The van der Waals surface area contributed by atoms with Gasteiger partial charge in [-0.05, 0) is 43.5 Å². The monoisotopic (exact) mass is 332 g/mol. The highest BCUT2D eigenvalue weighted by Gasteiger charge is 2.40. The zero-order chi connectivity index (χ0) is 13.4. The van der Waals surface area contributed by atoms with Gasteiger partial charge < -0.3 is 5.11 Å². The topological polar surface area (TPSA) is 54.4 Å². The lowest BCUT2D eigenvalue weighted by atomic mass is 9.71. The molecule has 0 unspecified atom stereocenters. The molecule has 18 heavy (non-hydrogen) atoms. The lowest BCUT2D eigenvalue weighted by Gasteiger charge is -2.39. The van der Waals surface area contributed by atoms with Crippen LogP contribution in [0.5, 0.6) is 0 Å². The minimum absolute atomic E-state index is 0.0399. The number of hydrogen-bond donors (Lipinski definition) is 1. The maximum Gasteiger partial charge on any atom is 0.179 e. The molecule has 1 aromatic carbocycles. The standard InChI is InChI=1S/C13H17BrO3S/c1-10-7-11(3-4-12(10)14)18(16,17)9-13(8-15)5-2-6-13/h3-4,7,15H,2,5-6,8-9H2,1H3. The van der Waals surface area contributed by atoms with Gasteiger partial charge in [-0.25, -0.2) is 8.42 Å². The van der Waals surface area contributed by atoms with Gasteiger partial charge in [0.25, 0.3) is 0 Å². The van der Waals surface area contributed by atoms with E-state index in [1.807, 2.05) is 6.92 Å². The molecule has 3 nitrogen and oxygen atoms in total. The maximum absolute atomic E-state index is 12.3. The Hall–Kier alpha value is -0.390. The van der Waals surface area contributed by atoms with Crippen molar-refractivity contribution in [3.63, 3.8) is 0 Å². The molecule has 1 N–H and O–H groups in total. The summed E-state index contributed by atoms with van der Waals surface area (Å²) in [5, 5.41) is 9.37. The van der Waals surface area contributed by atoms with Crippen LogP contribution in [-0.2, 0) is 9.84 Å². The Kier molecular flexibility index (Phi) is 3.85. The van der Waals surface area contributed by atoms with Gasteiger partial charge in [-0.15, -0.1) is 0 Å². The summed E-state index contributed by atoms with van der Waals surface area (Å²) in [5.74, 6) is 0.0531. The summed E-state index contributed by atoms with van der Waals surface area (Å²) in [5.41, 5.74) is 0.502. The van der Waals surface area contributed by atoms with Gasteiger partial charge in [-0.3, -0.25) is 0 Å². The molecule has 0 bridgehead atoms. The molecule has 0 saturated heterocycles. The average Bonchev–Trinajstić information content (AvgIpc) is 2.27. The molecule has 1 aliphatic rings. The molecule has 0 aliphatic heterocycles. The molecule has 2 rings (SSSR count). The quantitative estimate of drug-likeness (QED) is 0.922. The van der Waals surface area contributed by atoms with E-state index >= 15 is 0 Å².